The van der Waals surface area contributed by atoms with E-state index >= 15 is 0 Å². The number of aryl methyl sites for hydroxylation is 1. The van der Waals surface area contributed by atoms with Gasteiger partial charge in [0.15, 0.2) is 5.78 Å². The molecule has 0 spiro atoms. The molecule has 30 heavy (non-hydrogen) atoms. The summed E-state index contributed by atoms with van der Waals surface area (Å²) >= 11 is 0. The maximum atomic E-state index is 13.7. The molecule has 0 atom stereocenters. The highest BCUT2D eigenvalue weighted by Gasteiger charge is 2.10. The number of amides is 1. The maximum Gasteiger partial charge on any atom is 0.236 e. The van der Waals surface area contributed by atoms with E-state index in [1.807, 2.05) is 36.4 Å². The highest BCUT2D eigenvalue weighted by atomic mass is 19.1. The van der Waals surface area contributed by atoms with Gasteiger partial charge in [-0.25, -0.2) is 4.39 Å². The molecule has 0 aliphatic carbocycles. The van der Waals surface area contributed by atoms with Crippen molar-refractivity contribution in [3.8, 4) is 11.1 Å². The number of halogens is 1. The summed E-state index contributed by atoms with van der Waals surface area (Å²) in [4.78, 5) is 25.8. The number of nitrogens with two attached hydrogens (primary N) is 1. The smallest absolute Gasteiger partial charge is 0.236 e. The van der Waals surface area contributed by atoms with E-state index in [-0.39, 0.29) is 30.5 Å². The molecule has 0 aromatic heterocycles. The molecule has 0 saturated carbocycles. The zero-order valence-electron chi connectivity index (χ0n) is 17.0. The fourth-order valence-corrected chi connectivity index (χ4v) is 3.31. The third kappa shape index (κ3) is 5.39. The minimum atomic E-state index is -0.278. The van der Waals surface area contributed by atoms with E-state index in [2.05, 4.69) is 0 Å². The van der Waals surface area contributed by atoms with E-state index in [1.165, 1.54) is 6.07 Å². The normalized spacial score (nSPS) is 10.6. The summed E-state index contributed by atoms with van der Waals surface area (Å²) in [5.74, 6) is -0.404. The van der Waals surface area contributed by atoms with Crippen molar-refractivity contribution in [2.24, 2.45) is 5.73 Å². The predicted molar refractivity (Wildman–Crippen MR) is 116 cm³/mol. The van der Waals surface area contributed by atoms with Gasteiger partial charge in [0.2, 0.25) is 5.91 Å². The molecule has 0 fully saturated rings. The van der Waals surface area contributed by atoms with Gasteiger partial charge in [-0.05, 0) is 40.8 Å². The number of hydrogen-bond donors (Lipinski definition) is 1. The molecule has 2 N–H and O–H groups in total. The van der Waals surface area contributed by atoms with Gasteiger partial charge in [-0.1, -0.05) is 60.7 Å². The first-order valence-corrected chi connectivity index (χ1v) is 9.88. The molecule has 0 unspecified atom stereocenters. The Morgan fingerprint density at radius 3 is 2.37 bits per heavy atom. The Balaban J connectivity index is 1.66. The number of benzene rings is 3. The second kappa shape index (κ2) is 9.94. The summed E-state index contributed by atoms with van der Waals surface area (Å²) in [6.45, 7) is 0.471. The average molecular weight is 404 g/mol. The Morgan fingerprint density at radius 1 is 0.933 bits per heavy atom. The SMILES string of the molecule is CN(Cc1cccc(-c2ccc(C(=O)CCc3ccccc3F)cc2)c1)C(=O)CN. The number of carbonyl (C=O) groups excluding carboxylic acids is 2. The van der Waals surface area contributed by atoms with Gasteiger partial charge >= 0.3 is 0 Å². The van der Waals surface area contributed by atoms with Crippen molar-refractivity contribution < 1.29 is 14.0 Å². The first kappa shape index (κ1) is 21.4. The molecular formula is C25H25FN2O2. The molecule has 3 aromatic carbocycles. The number of carbonyl (C=O) groups is 2. The maximum absolute atomic E-state index is 13.7. The van der Waals surface area contributed by atoms with Crippen LogP contribution in [0.5, 0.6) is 0 Å². The molecule has 0 radical (unpaired) electrons. The fraction of sp³-hybridized carbons (Fsp3) is 0.200. The Morgan fingerprint density at radius 2 is 1.67 bits per heavy atom. The van der Waals surface area contributed by atoms with Gasteiger partial charge < -0.3 is 10.6 Å². The number of nitrogens with zero attached hydrogens (tertiary/aromatic N) is 1. The molecule has 5 heteroatoms. The van der Waals surface area contributed by atoms with Crippen LogP contribution >= 0.6 is 0 Å². The summed E-state index contributed by atoms with van der Waals surface area (Å²) in [6.07, 6.45) is 0.640. The minimum Gasteiger partial charge on any atom is -0.340 e. The van der Waals surface area contributed by atoms with E-state index in [1.54, 1.807) is 42.3 Å². The first-order chi connectivity index (χ1) is 14.5. The number of ketones is 1. The zero-order chi connectivity index (χ0) is 21.5. The molecule has 3 aromatic rings. The van der Waals surface area contributed by atoms with Gasteiger partial charge in [0.05, 0.1) is 6.54 Å². The monoisotopic (exact) mass is 404 g/mol. The van der Waals surface area contributed by atoms with E-state index in [0.717, 1.165) is 16.7 Å². The molecule has 0 aliphatic heterocycles. The quantitative estimate of drug-likeness (QED) is 0.572. The van der Waals surface area contributed by atoms with E-state index in [0.29, 0.717) is 24.1 Å². The van der Waals surface area contributed by atoms with Gasteiger partial charge in [0.1, 0.15) is 5.82 Å². The van der Waals surface area contributed by atoms with Gasteiger partial charge in [-0.3, -0.25) is 9.59 Å². The van der Waals surface area contributed by atoms with Gasteiger partial charge in [-0.15, -0.1) is 0 Å². The van der Waals surface area contributed by atoms with Crippen LogP contribution in [0.1, 0.15) is 27.9 Å². The topological polar surface area (TPSA) is 63.4 Å². The van der Waals surface area contributed by atoms with Crippen molar-refractivity contribution in [3.05, 3.63) is 95.3 Å². The van der Waals surface area contributed by atoms with Crippen LogP contribution in [0.15, 0.2) is 72.8 Å². The zero-order valence-corrected chi connectivity index (χ0v) is 17.0. The minimum absolute atomic E-state index is 0.0113. The molecule has 3 rings (SSSR count). The second-order valence-corrected chi connectivity index (χ2v) is 7.25. The van der Waals surface area contributed by atoms with Crippen molar-refractivity contribution in [3.63, 3.8) is 0 Å². The lowest BCUT2D eigenvalue weighted by molar-refractivity contribution is -0.128. The van der Waals surface area contributed by atoms with E-state index in [9.17, 15) is 14.0 Å². The van der Waals surface area contributed by atoms with E-state index in [4.69, 9.17) is 5.73 Å². The van der Waals surface area contributed by atoms with Crippen molar-refractivity contribution in [2.45, 2.75) is 19.4 Å². The van der Waals surface area contributed by atoms with Crippen LogP contribution in [0.4, 0.5) is 4.39 Å². The number of hydrogen-bond acceptors (Lipinski definition) is 3. The summed E-state index contributed by atoms with van der Waals surface area (Å²) < 4.78 is 13.7. The summed E-state index contributed by atoms with van der Waals surface area (Å²) in [6, 6.07) is 21.9. The highest BCUT2D eigenvalue weighted by molar-refractivity contribution is 5.96. The van der Waals surface area contributed by atoms with Crippen LogP contribution < -0.4 is 5.73 Å². The van der Waals surface area contributed by atoms with Gasteiger partial charge in [0, 0.05) is 25.6 Å². The Labute approximate surface area is 176 Å². The lowest BCUT2D eigenvalue weighted by Gasteiger charge is -2.16. The standard InChI is InChI=1S/C25H25FN2O2/c1-28(25(30)16-27)17-18-5-4-7-22(15-18)19-9-11-21(12-10-19)24(29)14-13-20-6-2-3-8-23(20)26/h2-12,15H,13-14,16-17,27H2,1H3. The number of rotatable bonds is 8. The van der Waals surface area contributed by atoms with Crippen LogP contribution in [-0.2, 0) is 17.8 Å². The Bertz CT molecular complexity index is 1030. The van der Waals surface area contributed by atoms with Crippen molar-refractivity contribution in [2.75, 3.05) is 13.6 Å². The molecule has 4 nitrogen and oxygen atoms in total. The second-order valence-electron chi connectivity index (χ2n) is 7.25. The molecule has 1 amide bonds. The van der Waals surface area contributed by atoms with Crippen LogP contribution in [0.25, 0.3) is 11.1 Å². The van der Waals surface area contributed by atoms with Crippen molar-refractivity contribution >= 4 is 11.7 Å². The van der Waals surface area contributed by atoms with E-state index < -0.39 is 0 Å². The molecule has 154 valence electrons. The summed E-state index contributed by atoms with van der Waals surface area (Å²) in [5.41, 5.74) is 9.56. The lowest BCUT2D eigenvalue weighted by atomic mass is 9.98. The largest absolute Gasteiger partial charge is 0.340 e. The lowest BCUT2D eigenvalue weighted by Crippen LogP contribution is -2.32. The third-order valence-corrected chi connectivity index (χ3v) is 5.07. The molecule has 0 bridgehead atoms. The number of likely N-dealkylation sites (N-methyl/N-ethyl adjacent to an activating group) is 1. The summed E-state index contributed by atoms with van der Waals surface area (Å²) in [7, 11) is 1.73. The molecule has 0 saturated heterocycles. The van der Waals surface area contributed by atoms with Gasteiger partial charge in [0.25, 0.3) is 0 Å². The highest BCUT2D eigenvalue weighted by Crippen LogP contribution is 2.22. The van der Waals surface area contributed by atoms with Crippen LogP contribution in [0.3, 0.4) is 0 Å². The van der Waals surface area contributed by atoms with Crippen LogP contribution in [-0.4, -0.2) is 30.2 Å². The number of Topliss-reactive ketones (excluding diaryl/α,β-unsaturated/α-hetero) is 1. The van der Waals surface area contributed by atoms with Crippen LogP contribution in [0, 0.1) is 5.82 Å². The third-order valence-electron chi connectivity index (χ3n) is 5.07. The fourth-order valence-electron chi connectivity index (χ4n) is 3.31. The molecule has 0 heterocycles. The summed E-state index contributed by atoms with van der Waals surface area (Å²) in [5, 5.41) is 0. The molecule has 0 aliphatic rings. The van der Waals surface area contributed by atoms with Crippen molar-refractivity contribution in [1.82, 2.24) is 4.90 Å². The average Bonchev–Trinajstić information content (AvgIpc) is 2.78. The Kier molecular flexibility index (Phi) is 7.09. The predicted octanol–water partition coefficient (Wildman–Crippen LogP) is 4.23. The van der Waals surface area contributed by atoms with Gasteiger partial charge in [-0.2, -0.15) is 0 Å². The van der Waals surface area contributed by atoms with Crippen LogP contribution in [0.2, 0.25) is 0 Å². The first-order valence-electron chi connectivity index (χ1n) is 9.88. The van der Waals surface area contributed by atoms with Crippen molar-refractivity contribution in [1.29, 1.82) is 0 Å². The molecular weight excluding hydrogens is 379 g/mol. The Hall–Kier alpha value is -3.31.